The molecule has 0 bridgehead atoms. The van der Waals surface area contributed by atoms with Crippen LogP contribution < -0.4 is 0 Å². The average Bonchev–Trinajstić information content (AvgIpc) is 2.83. The van der Waals surface area contributed by atoms with E-state index in [4.69, 9.17) is 4.74 Å². The Balaban J connectivity index is 2.07. The maximum absolute atomic E-state index is 10.1. The van der Waals surface area contributed by atoms with Crippen molar-refractivity contribution in [3.8, 4) is 0 Å². The van der Waals surface area contributed by atoms with Crippen LogP contribution in [-0.2, 0) is 17.8 Å². The molecule has 1 unspecified atom stereocenters. The fraction of sp³-hybridized carbons (Fsp3) is 0.308. The van der Waals surface area contributed by atoms with Crippen molar-refractivity contribution in [3.63, 3.8) is 0 Å². The number of aromatic nitrogens is 1. The zero-order chi connectivity index (χ0) is 12.1. The van der Waals surface area contributed by atoms with Gasteiger partial charge in [-0.15, -0.1) is 11.3 Å². The van der Waals surface area contributed by atoms with E-state index in [-0.39, 0.29) is 0 Å². The highest BCUT2D eigenvalue weighted by molar-refractivity contribution is 7.09. The van der Waals surface area contributed by atoms with Gasteiger partial charge in [-0.1, -0.05) is 24.3 Å². The molecule has 4 heteroatoms. The number of aliphatic hydroxyl groups excluding tert-OH is 1. The van der Waals surface area contributed by atoms with Crippen LogP contribution in [0.5, 0.6) is 0 Å². The van der Waals surface area contributed by atoms with Crippen molar-refractivity contribution in [2.75, 3.05) is 7.11 Å². The summed E-state index contributed by atoms with van der Waals surface area (Å²) < 4.78 is 5.08. The molecule has 1 atom stereocenters. The molecule has 0 radical (unpaired) electrons. The lowest BCUT2D eigenvalue weighted by atomic mass is 10.0. The Kier molecular flexibility index (Phi) is 4.25. The average molecular weight is 249 g/mol. The molecule has 2 rings (SSSR count). The molecule has 0 aliphatic rings. The van der Waals surface area contributed by atoms with Crippen LogP contribution in [0.3, 0.4) is 0 Å². The third-order valence-corrected chi connectivity index (χ3v) is 3.30. The topological polar surface area (TPSA) is 42.4 Å². The van der Waals surface area contributed by atoms with Gasteiger partial charge in [-0.3, -0.25) is 0 Å². The third-order valence-electron chi connectivity index (χ3n) is 2.50. The molecule has 1 N–H and O–H groups in total. The minimum Gasteiger partial charge on any atom is -0.388 e. The standard InChI is InChI=1S/C13H15NO2S/c1-16-9-10-3-2-4-11(7-10)12(15)8-13-14-5-6-17-13/h2-7,12,15H,8-9H2,1H3. The number of benzene rings is 1. The first-order valence-corrected chi connectivity index (χ1v) is 6.32. The zero-order valence-electron chi connectivity index (χ0n) is 9.67. The number of methoxy groups -OCH3 is 1. The van der Waals surface area contributed by atoms with Crippen LogP contribution in [0.4, 0.5) is 0 Å². The second kappa shape index (κ2) is 5.91. The van der Waals surface area contributed by atoms with E-state index in [1.54, 1.807) is 24.6 Å². The lowest BCUT2D eigenvalue weighted by Gasteiger charge is -2.10. The van der Waals surface area contributed by atoms with Gasteiger partial charge < -0.3 is 9.84 Å². The number of ether oxygens (including phenoxy) is 1. The number of aliphatic hydroxyl groups is 1. The summed E-state index contributed by atoms with van der Waals surface area (Å²) in [6.45, 7) is 0.567. The molecule has 0 aliphatic heterocycles. The summed E-state index contributed by atoms with van der Waals surface area (Å²) in [5.74, 6) is 0. The molecule has 1 aromatic heterocycles. The van der Waals surface area contributed by atoms with Crippen LogP contribution in [-0.4, -0.2) is 17.2 Å². The number of hydrogen-bond donors (Lipinski definition) is 1. The van der Waals surface area contributed by atoms with E-state index < -0.39 is 6.10 Å². The molecule has 1 heterocycles. The van der Waals surface area contributed by atoms with Crippen LogP contribution in [0.2, 0.25) is 0 Å². The SMILES string of the molecule is COCc1cccc(C(O)Cc2nccs2)c1. The Bertz CT molecular complexity index is 456. The van der Waals surface area contributed by atoms with Gasteiger partial charge in [0.1, 0.15) is 0 Å². The summed E-state index contributed by atoms with van der Waals surface area (Å²) in [7, 11) is 1.67. The van der Waals surface area contributed by atoms with Gasteiger partial charge in [0.15, 0.2) is 0 Å². The van der Waals surface area contributed by atoms with Crippen molar-refractivity contribution in [2.24, 2.45) is 0 Å². The van der Waals surface area contributed by atoms with Gasteiger partial charge in [0, 0.05) is 25.1 Å². The molecule has 0 saturated heterocycles. The summed E-state index contributed by atoms with van der Waals surface area (Å²) in [4.78, 5) is 4.17. The van der Waals surface area contributed by atoms with Gasteiger partial charge in [0.25, 0.3) is 0 Å². The fourth-order valence-electron chi connectivity index (χ4n) is 1.69. The Morgan fingerprint density at radius 1 is 1.47 bits per heavy atom. The predicted octanol–water partition coefficient (Wildman–Crippen LogP) is 2.57. The zero-order valence-corrected chi connectivity index (χ0v) is 10.5. The summed E-state index contributed by atoms with van der Waals surface area (Å²) >= 11 is 1.56. The smallest absolute Gasteiger partial charge is 0.0954 e. The van der Waals surface area contributed by atoms with E-state index in [0.29, 0.717) is 13.0 Å². The van der Waals surface area contributed by atoms with Crippen molar-refractivity contribution < 1.29 is 9.84 Å². The second-order valence-electron chi connectivity index (χ2n) is 3.82. The van der Waals surface area contributed by atoms with Crippen LogP contribution in [0.15, 0.2) is 35.8 Å². The number of thiazole rings is 1. The number of rotatable bonds is 5. The molecule has 0 spiro atoms. The molecule has 1 aromatic carbocycles. The van der Waals surface area contributed by atoms with E-state index in [1.807, 2.05) is 29.6 Å². The lowest BCUT2D eigenvalue weighted by molar-refractivity contribution is 0.175. The molecular weight excluding hydrogens is 234 g/mol. The predicted molar refractivity (Wildman–Crippen MR) is 67.9 cm³/mol. The minimum absolute atomic E-state index is 0.502. The first kappa shape index (κ1) is 12.2. The van der Waals surface area contributed by atoms with E-state index in [1.165, 1.54) is 0 Å². The maximum Gasteiger partial charge on any atom is 0.0954 e. The van der Waals surface area contributed by atoms with Crippen LogP contribution >= 0.6 is 11.3 Å². The van der Waals surface area contributed by atoms with E-state index in [0.717, 1.165) is 16.1 Å². The molecule has 90 valence electrons. The quantitative estimate of drug-likeness (QED) is 0.885. The summed E-state index contributed by atoms with van der Waals surface area (Å²) in [6.07, 6.45) is 1.82. The van der Waals surface area contributed by atoms with E-state index in [2.05, 4.69) is 4.98 Å². The molecule has 17 heavy (non-hydrogen) atoms. The number of nitrogens with zero attached hydrogens (tertiary/aromatic N) is 1. The van der Waals surface area contributed by atoms with Gasteiger partial charge >= 0.3 is 0 Å². The van der Waals surface area contributed by atoms with Gasteiger partial charge in [0.05, 0.1) is 17.7 Å². The Morgan fingerprint density at radius 3 is 3.06 bits per heavy atom. The first-order valence-electron chi connectivity index (χ1n) is 5.44. The first-order chi connectivity index (χ1) is 8.29. The van der Waals surface area contributed by atoms with Crippen molar-refractivity contribution in [1.29, 1.82) is 0 Å². The largest absolute Gasteiger partial charge is 0.388 e. The van der Waals surface area contributed by atoms with Gasteiger partial charge in [-0.05, 0) is 11.1 Å². The molecular formula is C13H15NO2S. The molecule has 0 aliphatic carbocycles. The highest BCUT2D eigenvalue weighted by atomic mass is 32.1. The normalized spacial score (nSPS) is 12.6. The summed E-state index contributed by atoms with van der Waals surface area (Å²) in [5.41, 5.74) is 1.98. The summed E-state index contributed by atoms with van der Waals surface area (Å²) in [6, 6.07) is 7.83. The van der Waals surface area contributed by atoms with E-state index >= 15 is 0 Å². The van der Waals surface area contributed by atoms with Gasteiger partial charge in [0.2, 0.25) is 0 Å². The van der Waals surface area contributed by atoms with Crippen LogP contribution in [0, 0.1) is 0 Å². The Hall–Kier alpha value is -1.23. The third kappa shape index (κ3) is 3.36. The Labute approximate surface area is 105 Å². The van der Waals surface area contributed by atoms with Crippen LogP contribution in [0.1, 0.15) is 22.2 Å². The highest BCUT2D eigenvalue weighted by Crippen LogP contribution is 2.20. The fourth-order valence-corrected chi connectivity index (χ4v) is 2.35. The van der Waals surface area contributed by atoms with Crippen molar-refractivity contribution in [2.45, 2.75) is 19.1 Å². The van der Waals surface area contributed by atoms with Gasteiger partial charge in [-0.25, -0.2) is 4.98 Å². The molecule has 3 nitrogen and oxygen atoms in total. The lowest BCUT2D eigenvalue weighted by Crippen LogP contribution is -2.02. The maximum atomic E-state index is 10.1. The Morgan fingerprint density at radius 2 is 2.35 bits per heavy atom. The molecule has 0 saturated carbocycles. The molecule has 0 amide bonds. The van der Waals surface area contributed by atoms with Crippen molar-refractivity contribution >= 4 is 11.3 Å². The van der Waals surface area contributed by atoms with Crippen molar-refractivity contribution in [1.82, 2.24) is 4.98 Å². The van der Waals surface area contributed by atoms with Gasteiger partial charge in [-0.2, -0.15) is 0 Å². The monoisotopic (exact) mass is 249 g/mol. The van der Waals surface area contributed by atoms with E-state index in [9.17, 15) is 5.11 Å². The van der Waals surface area contributed by atoms with Crippen molar-refractivity contribution in [3.05, 3.63) is 52.0 Å². The second-order valence-corrected chi connectivity index (χ2v) is 4.80. The molecule has 2 aromatic rings. The highest BCUT2D eigenvalue weighted by Gasteiger charge is 2.10. The molecule has 0 fully saturated rings. The van der Waals surface area contributed by atoms with Crippen LogP contribution in [0.25, 0.3) is 0 Å². The minimum atomic E-state index is -0.502. The summed E-state index contributed by atoms with van der Waals surface area (Å²) in [5, 5.41) is 13.0. The number of hydrogen-bond acceptors (Lipinski definition) is 4.